The second-order valence-corrected chi connectivity index (χ2v) is 9.88. The van der Waals surface area contributed by atoms with Crippen molar-refractivity contribution in [2.45, 2.75) is 97.3 Å². The van der Waals surface area contributed by atoms with Gasteiger partial charge in [0.25, 0.3) is 0 Å². The lowest BCUT2D eigenvalue weighted by Crippen LogP contribution is -2.15. The van der Waals surface area contributed by atoms with Crippen LogP contribution in [0.15, 0.2) is 48.5 Å². The lowest BCUT2D eigenvalue weighted by atomic mass is 9.75. The van der Waals surface area contributed by atoms with Crippen molar-refractivity contribution in [3.63, 3.8) is 0 Å². The van der Waals surface area contributed by atoms with Gasteiger partial charge in [-0.15, -0.1) is 0 Å². The first kappa shape index (κ1) is 23.9. The van der Waals surface area contributed by atoms with Crippen LogP contribution in [0.5, 0.6) is 5.75 Å². The number of ether oxygens (including phenoxy) is 1. The Morgan fingerprint density at radius 2 is 1.39 bits per heavy atom. The summed E-state index contributed by atoms with van der Waals surface area (Å²) >= 11 is 0. The van der Waals surface area contributed by atoms with Crippen LogP contribution in [0.25, 0.3) is 11.1 Å². The molecule has 0 radical (unpaired) electrons. The average molecular weight is 421 g/mol. The van der Waals surface area contributed by atoms with E-state index >= 15 is 0 Å². The van der Waals surface area contributed by atoms with Gasteiger partial charge in [0.2, 0.25) is 0 Å². The maximum Gasteiger partial charge on any atom is 0.119 e. The van der Waals surface area contributed by atoms with Crippen LogP contribution < -0.4 is 4.74 Å². The predicted molar refractivity (Wildman–Crippen MR) is 135 cm³/mol. The van der Waals surface area contributed by atoms with Crippen LogP contribution in [0.2, 0.25) is 0 Å². The zero-order valence-electron chi connectivity index (χ0n) is 20.2. The molecule has 1 atom stereocenters. The normalized spacial score (nSPS) is 19.8. The van der Waals surface area contributed by atoms with Crippen molar-refractivity contribution in [3.05, 3.63) is 54.1 Å². The van der Waals surface area contributed by atoms with Crippen LogP contribution in [-0.2, 0) is 0 Å². The van der Waals surface area contributed by atoms with E-state index in [1.165, 1.54) is 80.9 Å². The van der Waals surface area contributed by atoms with Crippen molar-refractivity contribution in [1.29, 1.82) is 0 Å². The maximum atomic E-state index is 5.92. The van der Waals surface area contributed by atoms with Crippen LogP contribution in [0.1, 0.15) is 103 Å². The Hall–Kier alpha value is -1.76. The van der Waals surface area contributed by atoms with Crippen LogP contribution in [0.4, 0.5) is 0 Å². The number of rotatable bonds is 12. The molecule has 1 fully saturated rings. The van der Waals surface area contributed by atoms with Gasteiger partial charge in [0.15, 0.2) is 0 Å². The third-order valence-electron chi connectivity index (χ3n) is 7.37. The highest BCUT2D eigenvalue weighted by Gasteiger charge is 2.23. The summed E-state index contributed by atoms with van der Waals surface area (Å²) in [7, 11) is 0. The highest BCUT2D eigenvalue weighted by Crippen LogP contribution is 2.39. The Bertz CT molecular complexity index is 722. The summed E-state index contributed by atoms with van der Waals surface area (Å²) < 4.78 is 5.92. The molecule has 1 aliphatic carbocycles. The van der Waals surface area contributed by atoms with Crippen molar-refractivity contribution in [2.24, 2.45) is 11.8 Å². The molecule has 1 unspecified atom stereocenters. The fraction of sp³-hybridized carbons (Fsp3) is 0.600. The van der Waals surface area contributed by atoms with Crippen molar-refractivity contribution >= 4 is 0 Å². The average Bonchev–Trinajstić information content (AvgIpc) is 2.82. The van der Waals surface area contributed by atoms with Gasteiger partial charge >= 0.3 is 0 Å². The number of benzene rings is 2. The Labute approximate surface area is 191 Å². The van der Waals surface area contributed by atoms with Crippen molar-refractivity contribution in [3.8, 4) is 16.9 Å². The summed E-state index contributed by atoms with van der Waals surface area (Å²) in [5.41, 5.74) is 4.12. The third-order valence-corrected chi connectivity index (χ3v) is 7.37. The fourth-order valence-corrected chi connectivity index (χ4v) is 5.05. The van der Waals surface area contributed by atoms with Crippen LogP contribution in [0, 0.1) is 11.8 Å². The maximum absolute atomic E-state index is 5.92. The largest absolute Gasteiger partial charge is 0.494 e. The Morgan fingerprint density at radius 3 is 2.00 bits per heavy atom. The van der Waals surface area contributed by atoms with E-state index < -0.39 is 0 Å². The quantitative estimate of drug-likeness (QED) is 0.311. The van der Waals surface area contributed by atoms with Crippen LogP contribution in [-0.4, -0.2) is 6.61 Å². The zero-order valence-corrected chi connectivity index (χ0v) is 20.2. The molecule has 0 aromatic heterocycles. The Kier molecular flexibility index (Phi) is 9.97. The monoisotopic (exact) mass is 420 g/mol. The predicted octanol–water partition coefficient (Wildman–Crippen LogP) is 9.41. The highest BCUT2D eigenvalue weighted by atomic mass is 16.5. The van der Waals surface area contributed by atoms with Gasteiger partial charge in [0.05, 0.1) is 6.61 Å². The van der Waals surface area contributed by atoms with Gasteiger partial charge in [-0.2, -0.15) is 0 Å². The second-order valence-electron chi connectivity index (χ2n) is 9.88. The lowest BCUT2D eigenvalue weighted by Gasteiger charge is -2.30. The molecule has 31 heavy (non-hydrogen) atoms. The molecule has 0 bridgehead atoms. The van der Waals surface area contributed by atoms with Gasteiger partial charge in [0, 0.05) is 0 Å². The van der Waals surface area contributed by atoms with Crippen LogP contribution in [0.3, 0.4) is 0 Å². The minimum Gasteiger partial charge on any atom is -0.494 e. The topological polar surface area (TPSA) is 9.23 Å². The van der Waals surface area contributed by atoms with Gasteiger partial charge in [-0.05, 0) is 85.1 Å². The summed E-state index contributed by atoms with van der Waals surface area (Å²) in [5, 5.41) is 0. The first-order valence-electron chi connectivity index (χ1n) is 13.0. The van der Waals surface area contributed by atoms with Gasteiger partial charge in [-0.3, -0.25) is 0 Å². The molecule has 170 valence electrons. The minimum atomic E-state index is 0.760. The first-order chi connectivity index (χ1) is 15.2. The summed E-state index contributed by atoms with van der Waals surface area (Å²) in [6, 6.07) is 18.0. The molecule has 0 spiro atoms. The molecule has 2 aromatic rings. The van der Waals surface area contributed by atoms with E-state index in [0.29, 0.717) is 0 Å². The van der Waals surface area contributed by atoms with Crippen molar-refractivity contribution in [1.82, 2.24) is 0 Å². The summed E-state index contributed by atoms with van der Waals surface area (Å²) in [5.74, 6) is 3.60. The van der Waals surface area contributed by atoms with E-state index in [4.69, 9.17) is 4.74 Å². The lowest BCUT2D eigenvalue weighted by molar-refractivity contribution is 0.273. The molecule has 0 amide bonds. The molecule has 0 aliphatic heterocycles. The van der Waals surface area contributed by atoms with Gasteiger partial charge in [-0.1, -0.05) is 89.3 Å². The van der Waals surface area contributed by atoms with E-state index in [2.05, 4.69) is 69.3 Å². The van der Waals surface area contributed by atoms with Gasteiger partial charge in [-0.25, -0.2) is 0 Å². The second kappa shape index (κ2) is 12.9. The fourth-order valence-electron chi connectivity index (χ4n) is 5.05. The molecule has 2 aromatic carbocycles. The summed E-state index contributed by atoms with van der Waals surface area (Å²) in [6.07, 6.45) is 14.7. The standard InChI is InChI=1S/C30H44O/c1-4-6-7-8-9-22-31-30-20-18-29(19-21-30)28-16-14-27(15-17-28)26-12-10-25(11-13-26)23-24(3)5-2/h14-21,24-26H,4-13,22-23H2,1-3H3. The van der Waals surface area contributed by atoms with E-state index in [0.717, 1.165) is 36.5 Å². The van der Waals surface area contributed by atoms with E-state index in [-0.39, 0.29) is 0 Å². The van der Waals surface area contributed by atoms with Crippen molar-refractivity contribution < 1.29 is 4.74 Å². The molecule has 1 saturated carbocycles. The number of hydrogen-bond donors (Lipinski definition) is 0. The Balaban J connectivity index is 1.46. The molecule has 0 saturated heterocycles. The zero-order chi connectivity index (χ0) is 21.9. The first-order valence-corrected chi connectivity index (χ1v) is 13.0. The SMILES string of the molecule is CCCCCCCOc1ccc(-c2ccc(C3CCC(CC(C)CC)CC3)cc2)cc1. The molecular formula is C30H44O. The molecule has 1 heteroatoms. The number of unbranched alkanes of at least 4 members (excludes halogenated alkanes) is 4. The highest BCUT2D eigenvalue weighted by molar-refractivity contribution is 5.64. The Morgan fingerprint density at radius 1 is 0.774 bits per heavy atom. The molecule has 3 rings (SSSR count). The molecule has 1 aliphatic rings. The minimum absolute atomic E-state index is 0.760. The molecule has 0 N–H and O–H groups in total. The van der Waals surface area contributed by atoms with E-state index in [1.54, 1.807) is 0 Å². The van der Waals surface area contributed by atoms with E-state index in [1.807, 2.05) is 0 Å². The van der Waals surface area contributed by atoms with Gasteiger partial charge < -0.3 is 4.74 Å². The molecule has 0 heterocycles. The third kappa shape index (κ3) is 7.70. The number of hydrogen-bond acceptors (Lipinski definition) is 1. The molecule has 1 nitrogen and oxygen atoms in total. The summed E-state index contributed by atoms with van der Waals surface area (Å²) in [6.45, 7) is 7.83. The molecular weight excluding hydrogens is 376 g/mol. The van der Waals surface area contributed by atoms with E-state index in [9.17, 15) is 0 Å². The smallest absolute Gasteiger partial charge is 0.119 e. The van der Waals surface area contributed by atoms with Crippen molar-refractivity contribution in [2.75, 3.05) is 6.61 Å². The van der Waals surface area contributed by atoms with Gasteiger partial charge in [0.1, 0.15) is 5.75 Å². The van der Waals surface area contributed by atoms with Crippen LogP contribution >= 0.6 is 0 Å². The summed E-state index contributed by atoms with van der Waals surface area (Å²) in [4.78, 5) is 0.